The molecule has 0 aromatic rings. The second kappa shape index (κ2) is 8.46. The second-order valence-electron chi connectivity index (χ2n) is 3.71. The van der Waals surface area contributed by atoms with Crippen LogP contribution in [0.4, 0.5) is 0 Å². The number of ether oxygens (including phenoxy) is 1. The standard InChI is InChI=1S/C11H18O6Si/c1-8(2)11(14)15-6-5-7-18(16-9(3)12)17-10(4)13/h18H,1,5-7H2,2-4H3. The van der Waals surface area contributed by atoms with Gasteiger partial charge in [0.25, 0.3) is 11.9 Å². The summed E-state index contributed by atoms with van der Waals surface area (Å²) in [6, 6.07) is 0.405. The Labute approximate surface area is 108 Å². The van der Waals surface area contributed by atoms with Crippen LogP contribution in [-0.4, -0.2) is 33.8 Å². The van der Waals surface area contributed by atoms with Gasteiger partial charge in [-0.3, -0.25) is 9.59 Å². The average molecular weight is 274 g/mol. The minimum atomic E-state index is -2.35. The van der Waals surface area contributed by atoms with Crippen molar-refractivity contribution in [1.82, 2.24) is 0 Å². The van der Waals surface area contributed by atoms with Crippen LogP contribution >= 0.6 is 0 Å². The van der Waals surface area contributed by atoms with Gasteiger partial charge < -0.3 is 13.6 Å². The summed E-state index contributed by atoms with van der Waals surface area (Å²) in [7, 11) is -2.35. The van der Waals surface area contributed by atoms with Crippen molar-refractivity contribution in [2.24, 2.45) is 0 Å². The van der Waals surface area contributed by atoms with E-state index in [4.69, 9.17) is 13.6 Å². The maximum absolute atomic E-state index is 11.1. The van der Waals surface area contributed by atoms with Crippen LogP contribution in [0, 0.1) is 0 Å². The molecule has 0 saturated heterocycles. The molecule has 0 amide bonds. The number of carbonyl (C=O) groups excluding carboxylic acids is 3. The lowest BCUT2D eigenvalue weighted by atomic mass is 10.4. The third-order valence-electron chi connectivity index (χ3n) is 1.76. The van der Waals surface area contributed by atoms with Gasteiger partial charge in [0.05, 0.1) is 6.61 Å². The number of hydrogen-bond donors (Lipinski definition) is 0. The first kappa shape index (κ1) is 16.4. The molecule has 6 nitrogen and oxygen atoms in total. The smallest absolute Gasteiger partial charge is 0.448 e. The fourth-order valence-corrected chi connectivity index (χ4v) is 2.57. The molecule has 0 fully saturated rings. The summed E-state index contributed by atoms with van der Waals surface area (Å²) in [5.74, 6) is -1.42. The molecular formula is C11H18O6Si. The molecule has 18 heavy (non-hydrogen) atoms. The van der Waals surface area contributed by atoms with E-state index in [2.05, 4.69) is 6.58 Å². The molecule has 0 spiro atoms. The highest BCUT2D eigenvalue weighted by molar-refractivity contribution is 6.48. The van der Waals surface area contributed by atoms with Crippen LogP contribution in [-0.2, 0) is 28.0 Å². The molecule has 0 atom stereocenters. The van der Waals surface area contributed by atoms with Gasteiger partial charge in [-0.15, -0.1) is 0 Å². The summed E-state index contributed by atoms with van der Waals surface area (Å²) in [5, 5.41) is 0. The Balaban J connectivity index is 3.96. The molecule has 0 heterocycles. The van der Waals surface area contributed by atoms with Crippen molar-refractivity contribution in [3.63, 3.8) is 0 Å². The summed E-state index contributed by atoms with van der Waals surface area (Å²) in [4.78, 5) is 32.6. The Morgan fingerprint density at radius 2 is 1.56 bits per heavy atom. The van der Waals surface area contributed by atoms with Crippen molar-refractivity contribution in [2.75, 3.05) is 6.61 Å². The van der Waals surface area contributed by atoms with Crippen molar-refractivity contribution in [1.29, 1.82) is 0 Å². The molecule has 0 N–H and O–H groups in total. The topological polar surface area (TPSA) is 78.9 Å². The predicted octanol–water partition coefficient (Wildman–Crippen LogP) is 0.843. The fraction of sp³-hybridized carbons (Fsp3) is 0.545. The van der Waals surface area contributed by atoms with Crippen molar-refractivity contribution in [3.8, 4) is 0 Å². The minimum Gasteiger partial charge on any atom is -0.487 e. The van der Waals surface area contributed by atoms with Crippen molar-refractivity contribution in [3.05, 3.63) is 12.2 Å². The molecule has 0 rings (SSSR count). The molecular weight excluding hydrogens is 256 g/mol. The molecule has 0 aromatic heterocycles. The largest absolute Gasteiger partial charge is 0.487 e. The van der Waals surface area contributed by atoms with Crippen molar-refractivity contribution >= 4 is 27.2 Å². The van der Waals surface area contributed by atoms with Crippen LogP contribution in [0.2, 0.25) is 6.04 Å². The van der Waals surface area contributed by atoms with Gasteiger partial charge in [-0.1, -0.05) is 6.58 Å². The average Bonchev–Trinajstić information content (AvgIpc) is 2.21. The summed E-state index contributed by atoms with van der Waals surface area (Å²) in [6.45, 7) is 7.68. The SMILES string of the molecule is C=C(C)C(=O)OCCC[SiH](OC(C)=O)OC(C)=O. The molecule has 0 aliphatic rings. The van der Waals surface area contributed by atoms with Crippen LogP contribution in [0.25, 0.3) is 0 Å². The van der Waals surface area contributed by atoms with E-state index in [1.54, 1.807) is 6.92 Å². The minimum absolute atomic E-state index is 0.178. The van der Waals surface area contributed by atoms with E-state index in [1.165, 1.54) is 13.8 Å². The first-order chi connectivity index (χ1) is 8.32. The van der Waals surface area contributed by atoms with Crippen LogP contribution in [0.3, 0.4) is 0 Å². The first-order valence-corrected chi connectivity index (χ1v) is 7.26. The van der Waals surface area contributed by atoms with E-state index in [0.29, 0.717) is 18.0 Å². The zero-order valence-electron chi connectivity index (χ0n) is 10.9. The summed E-state index contributed by atoms with van der Waals surface area (Å²) < 4.78 is 14.7. The molecule has 0 aliphatic carbocycles. The second-order valence-corrected chi connectivity index (χ2v) is 5.61. The van der Waals surface area contributed by atoms with Crippen molar-refractivity contribution < 1.29 is 28.0 Å². The summed E-state index contributed by atoms with van der Waals surface area (Å²) in [6.07, 6.45) is 0.469. The Kier molecular flexibility index (Phi) is 7.69. The molecule has 0 radical (unpaired) electrons. The van der Waals surface area contributed by atoms with Crippen LogP contribution < -0.4 is 0 Å². The maximum Gasteiger partial charge on any atom is 0.448 e. The fourth-order valence-electron chi connectivity index (χ4n) is 1.05. The summed E-state index contributed by atoms with van der Waals surface area (Å²) >= 11 is 0. The van der Waals surface area contributed by atoms with Gasteiger partial charge in [0, 0.05) is 25.5 Å². The quantitative estimate of drug-likeness (QED) is 0.296. The lowest BCUT2D eigenvalue weighted by molar-refractivity contribution is -0.140. The van der Waals surface area contributed by atoms with Gasteiger partial charge in [-0.05, 0) is 13.3 Å². The van der Waals surface area contributed by atoms with Crippen LogP contribution in [0.1, 0.15) is 27.2 Å². The van der Waals surface area contributed by atoms with E-state index in [0.717, 1.165) is 0 Å². The molecule has 0 aromatic carbocycles. The van der Waals surface area contributed by atoms with E-state index in [9.17, 15) is 14.4 Å². The van der Waals surface area contributed by atoms with Crippen molar-refractivity contribution in [2.45, 2.75) is 33.2 Å². The molecule has 0 aliphatic heterocycles. The predicted molar refractivity (Wildman–Crippen MR) is 65.9 cm³/mol. The van der Waals surface area contributed by atoms with E-state index < -0.39 is 27.2 Å². The molecule has 0 saturated carbocycles. The van der Waals surface area contributed by atoms with Gasteiger partial charge in [0.15, 0.2) is 0 Å². The lowest BCUT2D eigenvalue weighted by Crippen LogP contribution is -2.27. The number of hydrogen-bond acceptors (Lipinski definition) is 6. The van der Waals surface area contributed by atoms with Gasteiger partial charge in [-0.25, -0.2) is 4.79 Å². The highest BCUT2D eigenvalue weighted by Crippen LogP contribution is 2.04. The van der Waals surface area contributed by atoms with Gasteiger partial charge in [0.2, 0.25) is 0 Å². The highest BCUT2D eigenvalue weighted by Gasteiger charge is 2.19. The molecule has 7 heteroatoms. The number of carbonyl (C=O) groups is 3. The van der Waals surface area contributed by atoms with Gasteiger partial charge in [-0.2, -0.15) is 0 Å². The number of esters is 1. The number of rotatable bonds is 7. The van der Waals surface area contributed by atoms with Gasteiger partial charge >= 0.3 is 15.3 Å². The Bertz CT molecular complexity index is 322. The Hall–Kier alpha value is -1.63. The highest BCUT2D eigenvalue weighted by atomic mass is 28.3. The van der Waals surface area contributed by atoms with Gasteiger partial charge in [0.1, 0.15) is 0 Å². The normalized spacial score (nSPS) is 9.78. The Morgan fingerprint density at radius 3 is 1.94 bits per heavy atom. The maximum atomic E-state index is 11.1. The Morgan fingerprint density at radius 1 is 1.06 bits per heavy atom. The molecule has 102 valence electrons. The molecule has 0 unspecified atom stereocenters. The summed E-state index contributed by atoms with van der Waals surface area (Å²) in [5.41, 5.74) is 0.323. The van der Waals surface area contributed by atoms with E-state index >= 15 is 0 Å². The zero-order chi connectivity index (χ0) is 14.1. The third kappa shape index (κ3) is 8.51. The van der Waals surface area contributed by atoms with Crippen LogP contribution in [0.15, 0.2) is 12.2 Å². The monoisotopic (exact) mass is 274 g/mol. The lowest BCUT2D eigenvalue weighted by Gasteiger charge is -2.14. The van der Waals surface area contributed by atoms with Crippen LogP contribution in [0.5, 0.6) is 0 Å². The zero-order valence-corrected chi connectivity index (χ0v) is 12.0. The van der Waals surface area contributed by atoms with E-state index in [-0.39, 0.29) is 6.61 Å². The van der Waals surface area contributed by atoms with E-state index in [1.807, 2.05) is 0 Å². The first-order valence-electron chi connectivity index (χ1n) is 5.50. The molecule has 0 bridgehead atoms. The third-order valence-corrected chi connectivity index (χ3v) is 3.83.